The zero-order valence-electron chi connectivity index (χ0n) is 11.4. The molecule has 1 aromatic heterocycles. The Labute approximate surface area is 117 Å². The highest BCUT2D eigenvalue weighted by Gasteiger charge is 2.11. The van der Waals surface area contributed by atoms with Gasteiger partial charge >= 0.3 is 0 Å². The highest BCUT2D eigenvalue weighted by molar-refractivity contribution is 5.89. The van der Waals surface area contributed by atoms with Crippen molar-refractivity contribution in [2.75, 3.05) is 12.8 Å². The molecule has 3 rings (SSSR count). The SMILES string of the molecule is COc1ccc(C)cc1-c1nc(N)c2ccccc2n1. The molecule has 0 bridgehead atoms. The Morgan fingerprint density at radius 1 is 1.05 bits per heavy atom. The van der Waals surface area contributed by atoms with Crippen LogP contribution in [0.15, 0.2) is 42.5 Å². The van der Waals surface area contributed by atoms with E-state index in [0.717, 1.165) is 27.8 Å². The summed E-state index contributed by atoms with van der Waals surface area (Å²) in [7, 11) is 1.64. The normalized spacial score (nSPS) is 10.7. The summed E-state index contributed by atoms with van der Waals surface area (Å²) < 4.78 is 5.39. The van der Waals surface area contributed by atoms with E-state index in [1.54, 1.807) is 7.11 Å². The van der Waals surface area contributed by atoms with Gasteiger partial charge in [-0.1, -0.05) is 23.8 Å². The first kappa shape index (κ1) is 12.4. The standard InChI is InChI=1S/C16H15N3O/c1-10-7-8-14(20-2)12(9-10)16-18-13-6-4-3-5-11(13)15(17)19-16/h3-9H,1-2H3,(H2,17,18,19). The predicted octanol–water partition coefficient (Wildman–Crippen LogP) is 3.20. The molecule has 0 atom stereocenters. The number of hydrogen-bond acceptors (Lipinski definition) is 4. The van der Waals surface area contributed by atoms with E-state index >= 15 is 0 Å². The van der Waals surface area contributed by atoms with Crippen LogP contribution in [0.25, 0.3) is 22.3 Å². The van der Waals surface area contributed by atoms with Crippen LogP contribution in [0.2, 0.25) is 0 Å². The van der Waals surface area contributed by atoms with Crippen LogP contribution in [0.3, 0.4) is 0 Å². The molecular weight excluding hydrogens is 250 g/mol. The molecule has 0 aliphatic heterocycles. The third kappa shape index (κ3) is 2.05. The maximum absolute atomic E-state index is 6.03. The second kappa shape index (κ2) is 4.81. The van der Waals surface area contributed by atoms with Gasteiger partial charge in [-0.05, 0) is 31.2 Å². The van der Waals surface area contributed by atoms with Gasteiger partial charge < -0.3 is 10.5 Å². The Kier molecular flexibility index (Phi) is 2.99. The fourth-order valence-corrected chi connectivity index (χ4v) is 2.22. The number of methoxy groups -OCH3 is 1. The lowest BCUT2D eigenvalue weighted by Gasteiger charge is -2.10. The molecule has 0 unspecified atom stereocenters. The Hall–Kier alpha value is -2.62. The van der Waals surface area contributed by atoms with Crippen molar-refractivity contribution in [1.29, 1.82) is 0 Å². The fourth-order valence-electron chi connectivity index (χ4n) is 2.22. The third-order valence-electron chi connectivity index (χ3n) is 3.23. The molecule has 2 N–H and O–H groups in total. The number of nitrogens with zero attached hydrogens (tertiary/aromatic N) is 2. The summed E-state index contributed by atoms with van der Waals surface area (Å²) in [6, 6.07) is 13.6. The molecule has 100 valence electrons. The minimum Gasteiger partial charge on any atom is -0.496 e. The Bertz CT molecular complexity index is 784. The van der Waals surface area contributed by atoms with Crippen molar-refractivity contribution >= 4 is 16.7 Å². The number of nitrogen functional groups attached to an aromatic ring is 1. The first-order chi connectivity index (χ1) is 9.69. The summed E-state index contributed by atoms with van der Waals surface area (Å²) in [6.07, 6.45) is 0. The molecule has 0 amide bonds. The minimum absolute atomic E-state index is 0.481. The summed E-state index contributed by atoms with van der Waals surface area (Å²) in [5.41, 5.74) is 8.84. The van der Waals surface area contributed by atoms with Crippen molar-refractivity contribution in [3.05, 3.63) is 48.0 Å². The number of ether oxygens (including phenoxy) is 1. The smallest absolute Gasteiger partial charge is 0.165 e. The third-order valence-corrected chi connectivity index (χ3v) is 3.23. The molecule has 20 heavy (non-hydrogen) atoms. The molecule has 4 nitrogen and oxygen atoms in total. The van der Waals surface area contributed by atoms with Gasteiger partial charge in [-0.15, -0.1) is 0 Å². The average molecular weight is 265 g/mol. The van der Waals surface area contributed by atoms with Crippen LogP contribution < -0.4 is 10.5 Å². The zero-order chi connectivity index (χ0) is 14.1. The van der Waals surface area contributed by atoms with E-state index in [9.17, 15) is 0 Å². The summed E-state index contributed by atoms with van der Waals surface area (Å²) >= 11 is 0. The maximum atomic E-state index is 6.03. The van der Waals surface area contributed by atoms with Gasteiger partial charge in [0.2, 0.25) is 0 Å². The number of nitrogens with two attached hydrogens (primary N) is 1. The van der Waals surface area contributed by atoms with Crippen molar-refractivity contribution in [1.82, 2.24) is 9.97 Å². The van der Waals surface area contributed by atoms with Gasteiger partial charge in [0.15, 0.2) is 5.82 Å². The summed E-state index contributed by atoms with van der Waals surface area (Å²) in [6.45, 7) is 2.02. The quantitative estimate of drug-likeness (QED) is 0.773. The van der Waals surface area contributed by atoms with Gasteiger partial charge in [0.1, 0.15) is 11.6 Å². The van der Waals surface area contributed by atoms with Crippen LogP contribution in [0.5, 0.6) is 5.75 Å². The van der Waals surface area contributed by atoms with E-state index in [-0.39, 0.29) is 0 Å². The predicted molar refractivity (Wildman–Crippen MR) is 80.7 cm³/mol. The molecule has 3 aromatic rings. The maximum Gasteiger partial charge on any atom is 0.165 e. The number of fused-ring (bicyclic) bond motifs is 1. The van der Waals surface area contributed by atoms with Crippen LogP contribution >= 0.6 is 0 Å². The van der Waals surface area contributed by atoms with Crippen molar-refractivity contribution in [3.63, 3.8) is 0 Å². The topological polar surface area (TPSA) is 61.0 Å². The number of rotatable bonds is 2. The van der Waals surface area contributed by atoms with Gasteiger partial charge in [0.25, 0.3) is 0 Å². The van der Waals surface area contributed by atoms with Crippen LogP contribution in [0.4, 0.5) is 5.82 Å². The highest BCUT2D eigenvalue weighted by Crippen LogP contribution is 2.30. The van der Waals surface area contributed by atoms with Crippen molar-refractivity contribution < 1.29 is 4.74 Å². The lowest BCUT2D eigenvalue weighted by Crippen LogP contribution is -1.99. The Balaban J connectivity index is 2.27. The summed E-state index contributed by atoms with van der Waals surface area (Å²) in [5, 5.41) is 0.864. The van der Waals surface area contributed by atoms with Crippen molar-refractivity contribution in [2.24, 2.45) is 0 Å². The summed E-state index contributed by atoms with van der Waals surface area (Å²) in [4.78, 5) is 8.99. The van der Waals surface area contributed by atoms with E-state index in [2.05, 4.69) is 9.97 Å². The second-order valence-corrected chi connectivity index (χ2v) is 4.65. The number of anilines is 1. The molecule has 0 aliphatic carbocycles. The van der Waals surface area contributed by atoms with Crippen molar-refractivity contribution in [3.8, 4) is 17.1 Å². The van der Waals surface area contributed by atoms with Gasteiger partial charge in [0.05, 0.1) is 18.2 Å². The zero-order valence-corrected chi connectivity index (χ0v) is 11.4. The van der Waals surface area contributed by atoms with Crippen LogP contribution in [-0.2, 0) is 0 Å². The first-order valence-electron chi connectivity index (χ1n) is 6.36. The largest absolute Gasteiger partial charge is 0.496 e. The van der Waals surface area contributed by atoms with Gasteiger partial charge in [-0.2, -0.15) is 0 Å². The first-order valence-corrected chi connectivity index (χ1v) is 6.36. The molecule has 0 radical (unpaired) electrons. The molecule has 0 spiro atoms. The molecule has 4 heteroatoms. The Morgan fingerprint density at radius 3 is 2.65 bits per heavy atom. The molecule has 0 saturated carbocycles. The van der Waals surface area contributed by atoms with E-state index < -0.39 is 0 Å². The molecule has 2 aromatic carbocycles. The van der Waals surface area contributed by atoms with E-state index in [1.807, 2.05) is 49.4 Å². The van der Waals surface area contributed by atoms with Crippen LogP contribution in [0, 0.1) is 6.92 Å². The van der Waals surface area contributed by atoms with E-state index in [1.165, 1.54) is 0 Å². The van der Waals surface area contributed by atoms with Gasteiger partial charge in [-0.3, -0.25) is 0 Å². The van der Waals surface area contributed by atoms with Crippen molar-refractivity contribution in [2.45, 2.75) is 6.92 Å². The average Bonchev–Trinajstić information content (AvgIpc) is 2.47. The van der Waals surface area contributed by atoms with Gasteiger partial charge in [-0.25, -0.2) is 9.97 Å². The second-order valence-electron chi connectivity index (χ2n) is 4.65. The number of aryl methyl sites for hydroxylation is 1. The number of para-hydroxylation sites is 1. The molecule has 1 heterocycles. The van der Waals surface area contributed by atoms with Gasteiger partial charge in [0, 0.05) is 5.39 Å². The molecule has 0 fully saturated rings. The van der Waals surface area contributed by atoms with Crippen LogP contribution in [-0.4, -0.2) is 17.1 Å². The van der Waals surface area contributed by atoms with E-state index in [4.69, 9.17) is 10.5 Å². The number of aromatic nitrogens is 2. The lowest BCUT2D eigenvalue weighted by atomic mass is 10.1. The minimum atomic E-state index is 0.481. The molecule has 0 aliphatic rings. The van der Waals surface area contributed by atoms with E-state index in [0.29, 0.717) is 11.6 Å². The number of hydrogen-bond donors (Lipinski definition) is 1. The lowest BCUT2D eigenvalue weighted by molar-refractivity contribution is 0.416. The molecule has 0 saturated heterocycles. The fraction of sp³-hybridized carbons (Fsp3) is 0.125. The monoisotopic (exact) mass is 265 g/mol. The molecular formula is C16H15N3O. The Morgan fingerprint density at radius 2 is 1.85 bits per heavy atom. The highest BCUT2D eigenvalue weighted by atomic mass is 16.5. The number of benzene rings is 2. The van der Waals surface area contributed by atoms with Crippen LogP contribution in [0.1, 0.15) is 5.56 Å². The summed E-state index contributed by atoms with van der Waals surface area (Å²) in [5.74, 6) is 1.81.